The van der Waals surface area contributed by atoms with Crippen LogP contribution in [0.15, 0.2) is 0 Å². The molecule has 3 heteroatoms. The molecule has 0 amide bonds. The minimum Gasteiger partial charge on any atom is -0.498 e. The minimum atomic E-state index is -0.350. The summed E-state index contributed by atoms with van der Waals surface area (Å²) in [5.74, 6) is -0.162. The molecule has 0 aliphatic carbocycles. The second-order valence-corrected chi connectivity index (χ2v) is 2.87. The van der Waals surface area contributed by atoms with Crippen LogP contribution < -0.4 is 0 Å². The van der Waals surface area contributed by atoms with Crippen molar-refractivity contribution in [1.29, 1.82) is 0 Å². The topological polar surface area (TPSA) is 26.3 Å². The van der Waals surface area contributed by atoms with E-state index in [1.165, 1.54) is 0 Å². The third kappa shape index (κ3) is 3.23. The first-order valence-corrected chi connectivity index (χ1v) is 3.51. The van der Waals surface area contributed by atoms with E-state index in [2.05, 4.69) is 6.92 Å². The van der Waals surface area contributed by atoms with Gasteiger partial charge in [0.15, 0.2) is 0 Å². The van der Waals surface area contributed by atoms with Crippen molar-refractivity contribution in [3.05, 3.63) is 6.92 Å². The summed E-state index contributed by atoms with van der Waals surface area (Å²) in [7, 11) is 0. The van der Waals surface area contributed by atoms with Crippen LogP contribution in [-0.4, -0.2) is 12.6 Å². The summed E-state index contributed by atoms with van der Waals surface area (Å²) in [6, 6.07) is 0. The van der Waals surface area contributed by atoms with Crippen molar-refractivity contribution in [2.75, 3.05) is 6.61 Å². The smallest absolute Gasteiger partial charge is 0.308 e. The standard InChI is InChI=1S/C8H15O2.Rf/c1-5-8(3,4)7(9)10-6-2;/h2,5-6H2,1,3-4H3;/q-1;. The third-order valence-electron chi connectivity index (χ3n) is 1.67. The number of carbonyl (C=O) groups is 1. The van der Waals surface area contributed by atoms with Gasteiger partial charge in [-0.15, -0.1) is 0 Å². The number of carbonyl (C=O) groups excluding carboxylic acids is 1. The van der Waals surface area contributed by atoms with Crippen molar-refractivity contribution in [2.24, 2.45) is 5.41 Å². The summed E-state index contributed by atoms with van der Waals surface area (Å²) in [5.41, 5.74) is -0.350. The molecule has 0 bridgehead atoms. The Hall–Kier alpha value is -1.53. The number of ether oxygens (including phenoxy) is 1. The van der Waals surface area contributed by atoms with Crippen LogP contribution in [0, 0.1) is 12.3 Å². The molecule has 2 nitrogen and oxygen atoms in total. The van der Waals surface area contributed by atoms with Crippen molar-refractivity contribution in [1.82, 2.24) is 0 Å². The van der Waals surface area contributed by atoms with Gasteiger partial charge < -0.3 is 11.7 Å². The molecule has 0 fully saturated rings. The molecule has 0 atom stereocenters. The molecule has 0 saturated heterocycles. The van der Waals surface area contributed by atoms with Crippen LogP contribution in [0.25, 0.3) is 0 Å². The predicted octanol–water partition coefficient (Wildman–Crippen LogP) is 1.80. The Labute approximate surface area is 62.6 Å². The van der Waals surface area contributed by atoms with Crippen LogP contribution >= 0.6 is 0 Å². The molecule has 0 aromatic rings. The summed E-state index contributed by atoms with van der Waals surface area (Å²) in [5, 5.41) is 0. The summed E-state index contributed by atoms with van der Waals surface area (Å²) in [6.45, 7) is 9.35. The van der Waals surface area contributed by atoms with Crippen molar-refractivity contribution < 1.29 is 9.53 Å². The average molecular weight is 410 g/mol. The SMILES string of the molecule is [CH2-]COC(=O)C(C)(C)CC.[Rf]. The molecule has 0 saturated carbocycles. The first-order valence-electron chi connectivity index (χ1n) is 3.51. The third-order valence-corrected chi connectivity index (χ3v) is 1.67. The van der Waals surface area contributed by atoms with Crippen LogP contribution in [0.3, 0.4) is 0 Å². The Kier molecular flexibility index (Phi) is 4.77. The van der Waals surface area contributed by atoms with Gasteiger partial charge in [0.25, 0.3) is 0 Å². The molecule has 0 aliphatic heterocycles. The van der Waals surface area contributed by atoms with Crippen LogP contribution in [0.5, 0.6) is 0 Å². The van der Waals surface area contributed by atoms with Crippen LogP contribution in [0.4, 0.5) is 0 Å². The fraction of sp³-hybridized carbons (Fsp3) is 0.750. The van der Waals surface area contributed by atoms with E-state index in [0.29, 0.717) is 0 Å². The Morgan fingerprint density at radius 3 is 2.27 bits per heavy atom. The first-order chi connectivity index (χ1) is 4.54. The zero-order chi connectivity index (χ0) is 8.20. The molecule has 0 N–H and O–H groups in total. The van der Waals surface area contributed by atoms with Crippen molar-refractivity contribution >= 4 is 5.97 Å². The van der Waals surface area contributed by atoms with E-state index in [1.807, 2.05) is 20.8 Å². The molecular formula is C8H15O2Rf-. The van der Waals surface area contributed by atoms with Crippen molar-refractivity contribution in [3.63, 3.8) is 0 Å². The summed E-state index contributed by atoms with van der Waals surface area (Å²) in [6.07, 6.45) is 0.797. The van der Waals surface area contributed by atoms with E-state index in [4.69, 9.17) is 4.74 Å². The maximum atomic E-state index is 11.0. The monoisotopic (exact) mass is 410 g/mol. The van der Waals surface area contributed by atoms with E-state index < -0.39 is 0 Å². The van der Waals surface area contributed by atoms with Crippen LogP contribution in [0.1, 0.15) is 27.2 Å². The Morgan fingerprint density at radius 2 is 2.00 bits per heavy atom. The van der Waals surface area contributed by atoms with Gasteiger partial charge in [0.2, 0.25) is 0 Å². The van der Waals surface area contributed by atoms with Gasteiger partial charge in [-0.05, 0) is 26.9 Å². The van der Waals surface area contributed by atoms with Crippen molar-refractivity contribution in [3.8, 4) is 0 Å². The molecule has 0 rings (SSSR count). The second kappa shape index (κ2) is 4.31. The van der Waals surface area contributed by atoms with Gasteiger partial charge in [-0.3, -0.25) is 4.79 Å². The molecule has 0 heterocycles. The zero-order valence-corrected chi connectivity index (χ0v) is 14.0. The molecule has 0 aromatic heterocycles. The predicted molar refractivity (Wildman–Crippen MR) is 40.4 cm³/mol. The van der Waals surface area contributed by atoms with E-state index in [1.54, 1.807) is 0 Å². The van der Waals surface area contributed by atoms with Gasteiger partial charge in [0.1, 0.15) is 0 Å². The van der Waals surface area contributed by atoms with E-state index >= 15 is 0 Å². The summed E-state index contributed by atoms with van der Waals surface area (Å²) < 4.78 is 4.75. The fourth-order valence-corrected chi connectivity index (χ4v) is 0.432. The number of hydrogen-bond acceptors (Lipinski definition) is 2. The average Bonchev–Trinajstić information content (AvgIpc) is 1.89. The molecule has 0 radical (unpaired) electrons. The Morgan fingerprint density at radius 1 is 1.55 bits per heavy atom. The number of hydrogen-bond donors (Lipinski definition) is 0. The molecule has 0 aliphatic rings. The van der Waals surface area contributed by atoms with Gasteiger partial charge in [0, 0.05) is 0 Å². The van der Waals surface area contributed by atoms with E-state index in [-0.39, 0.29) is 18.0 Å². The largest absolute Gasteiger partial charge is 0.498 e. The Bertz CT molecular complexity index is 121. The normalized spacial score (nSPS) is 10.2. The molecule has 0 unspecified atom stereocenters. The maximum Gasteiger partial charge on any atom is 0.308 e. The summed E-state index contributed by atoms with van der Waals surface area (Å²) in [4.78, 5) is 11.0. The van der Waals surface area contributed by atoms with Gasteiger partial charge in [-0.25, -0.2) is 0 Å². The number of esters is 1. The van der Waals surface area contributed by atoms with E-state index in [9.17, 15) is 4.79 Å². The fourth-order valence-electron chi connectivity index (χ4n) is 0.432. The zero-order valence-electron chi connectivity index (χ0n) is 7.64. The number of rotatable bonds is 3. The molecule has 62 valence electrons. The van der Waals surface area contributed by atoms with Gasteiger partial charge in [0.05, 0.1) is 5.41 Å². The molecule has 0 aromatic carbocycles. The Balaban J connectivity index is 0. The van der Waals surface area contributed by atoms with E-state index in [0.717, 1.165) is 6.42 Å². The second-order valence-electron chi connectivity index (χ2n) is 2.87. The first kappa shape index (κ1) is 12.2. The molecular weight excluding hydrogens is 395 g/mol. The molecule has 0 spiro atoms. The summed E-state index contributed by atoms with van der Waals surface area (Å²) >= 11 is 0. The molecule has 11 heavy (non-hydrogen) atoms. The minimum absolute atomic E-state index is 0. The van der Waals surface area contributed by atoms with Crippen molar-refractivity contribution in [2.45, 2.75) is 27.2 Å². The van der Waals surface area contributed by atoms with Gasteiger partial charge >= 0.3 is 5.97 Å². The quantitative estimate of drug-likeness (QED) is 0.524. The maximum absolute atomic E-state index is 11.0. The van der Waals surface area contributed by atoms with Crippen LogP contribution in [0.2, 0.25) is 0 Å². The van der Waals surface area contributed by atoms with Gasteiger partial charge in [-0.1, -0.05) is 6.92 Å². The van der Waals surface area contributed by atoms with Gasteiger partial charge in [-0.2, -0.15) is 0 Å². The van der Waals surface area contributed by atoms with Crippen LogP contribution in [-0.2, 0) is 9.53 Å².